The summed E-state index contributed by atoms with van der Waals surface area (Å²) < 4.78 is 0. The fourth-order valence-electron chi connectivity index (χ4n) is 2.73. The molecule has 0 saturated carbocycles. The van der Waals surface area contributed by atoms with Gasteiger partial charge in [-0.15, -0.1) is 12.4 Å². The molecule has 2 aromatic rings. The molecule has 2 N–H and O–H groups in total. The second kappa shape index (κ2) is 6.69. The summed E-state index contributed by atoms with van der Waals surface area (Å²) in [7, 11) is 0. The monoisotopic (exact) mass is 327 g/mol. The Morgan fingerprint density at radius 1 is 1.48 bits per heavy atom. The number of carbonyl (C=O) groups excluding carboxylic acids is 1. The number of piperazine rings is 1. The second-order valence-electron chi connectivity index (χ2n) is 5.38. The van der Waals surface area contributed by atoms with Crippen molar-refractivity contribution in [2.75, 3.05) is 19.6 Å². The molecule has 0 bridgehead atoms. The van der Waals surface area contributed by atoms with Crippen molar-refractivity contribution in [2.24, 2.45) is 0 Å². The highest BCUT2D eigenvalue weighted by atomic mass is 35.5. The summed E-state index contributed by atoms with van der Waals surface area (Å²) in [5.74, 6) is 0.180. The molecule has 0 unspecified atom stereocenters. The fraction of sp³-hybridized carbons (Fsp3) is 0.400. The number of aromatic nitrogens is 1. The number of aromatic amines is 1. The number of nitrogens with zero attached hydrogens (tertiary/aromatic N) is 1. The number of rotatable bonds is 2. The minimum Gasteiger partial charge on any atom is -0.361 e. The van der Waals surface area contributed by atoms with Gasteiger partial charge < -0.3 is 15.2 Å². The van der Waals surface area contributed by atoms with Crippen LogP contribution in [0.2, 0.25) is 5.02 Å². The van der Waals surface area contributed by atoms with Crippen molar-refractivity contribution >= 4 is 40.8 Å². The first kappa shape index (κ1) is 16.1. The molecule has 1 aromatic heterocycles. The minimum absolute atomic E-state index is 0. The van der Waals surface area contributed by atoms with Crippen LogP contribution in [0.4, 0.5) is 0 Å². The standard InChI is InChI=1S/C15H18ClN3O.ClH/c1-10-9-19(5-4-17-10)15(20)6-11-8-18-14-3-2-12(16)7-13(11)14;/h2-3,7-8,10,17-18H,4-6,9H2,1H3;1H/t10-;/m1./s1. The Labute approximate surface area is 135 Å². The average Bonchev–Trinajstić information content (AvgIpc) is 2.81. The molecule has 114 valence electrons. The Balaban J connectivity index is 0.00000161. The van der Waals surface area contributed by atoms with Gasteiger partial charge in [-0.1, -0.05) is 11.6 Å². The Morgan fingerprint density at radius 2 is 2.29 bits per heavy atom. The van der Waals surface area contributed by atoms with Gasteiger partial charge in [0.15, 0.2) is 0 Å². The molecule has 3 rings (SSSR count). The quantitative estimate of drug-likeness (QED) is 0.890. The van der Waals surface area contributed by atoms with E-state index in [0.717, 1.165) is 36.1 Å². The minimum atomic E-state index is 0. The summed E-state index contributed by atoms with van der Waals surface area (Å²) in [5, 5.41) is 5.08. The number of amides is 1. The van der Waals surface area contributed by atoms with Crippen molar-refractivity contribution in [3.63, 3.8) is 0 Å². The Morgan fingerprint density at radius 3 is 3.05 bits per heavy atom. The van der Waals surface area contributed by atoms with E-state index >= 15 is 0 Å². The molecule has 4 nitrogen and oxygen atoms in total. The smallest absolute Gasteiger partial charge is 0.227 e. The van der Waals surface area contributed by atoms with Crippen LogP contribution < -0.4 is 5.32 Å². The molecule has 1 fully saturated rings. The first-order chi connectivity index (χ1) is 9.63. The van der Waals surface area contributed by atoms with E-state index in [0.29, 0.717) is 17.5 Å². The summed E-state index contributed by atoms with van der Waals surface area (Å²) in [6.45, 7) is 4.53. The molecule has 1 amide bonds. The Bertz CT molecular complexity index is 641. The zero-order valence-corrected chi connectivity index (χ0v) is 13.4. The van der Waals surface area contributed by atoms with Gasteiger partial charge in [-0.05, 0) is 30.7 Å². The molecule has 1 aliphatic rings. The van der Waals surface area contributed by atoms with Crippen LogP contribution in [0.3, 0.4) is 0 Å². The number of hydrogen-bond donors (Lipinski definition) is 2. The van der Waals surface area contributed by atoms with Crippen molar-refractivity contribution in [1.29, 1.82) is 0 Å². The van der Waals surface area contributed by atoms with Crippen molar-refractivity contribution in [2.45, 2.75) is 19.4 Å². The molecule has 6 heteroatoms. The number of benzene rings is 1. The number of fused-ring (bicyclic) bond motifs is 1. The third kappa shape index (κ3) is 3.51. The predicted molar refractivity (Wildman–Crippen MR) is 88.3 cm³/mol. The van der Waals surface area contributed by atoms with Gasteiger partial charge in [0.2, 0.25) is 5.91 Å². The summed E-state index contributed by atoms with van der Waals surface area (Å²) in [6, 6.07) is 6.07. The second-order valence-corrected chi connectivity index (χ2v) is 5.81. The number of hydrogen-bond acceptors (Lipinski definition) is 2. The van der Waals surface area contributed by atoms with Gasteiger partial charge in [0.25, 0.3) is 0 Å². The predicted octanol–water partition coefficient (Wildman–Crippen LogP) is 2.61. The summed E-state index contributed by atoms with van der Waals surface area (Å²) in [4.78, 5) is 17.5. The largest absolute Gasteiger partial charge is 0.361 e. The number of nitrogens with one attached hydrogen (secondary N) is 2. The lowest BCUT2D eigenvalue weighted by molar-refractivity contribution is -0.131. The Hall–Kier alpha value is -1.23. The van der Waals surface area contributed by atoms with Gasteiger partial charge in [0.05, 0.1) is 6.42 Å². The molecule has 21 heavy (non-hydrogen) atoms. The molecule has 1 aliphatic heterocycles. The maximum absolute atomic E-state index is 12.4. The van der Waals surface area contributed by atoms with Crippen LogP contribution in [-0.4, -0.2) is 41.5 Å². The lowest BCUT2D eigenvalue weighted by Crippen LogP contribution is -2.51. The van der Waals surface area contributed by atoms with Crippen LogP contribution in [0.15, 0.2) is 24.4 Å². The van der Waals surface area contributed by atoms with Gasteiger partial charge in [0.1, 0.15) is 0 Å². The number of halogens is 2. The van der Waals surface area contributed by atoms with E-state index in [1.807, 2.05) is 29.3 Å². The van der Waals surface area contributed by atoms with Crippen molar-refractivity contribution < 1.29 is 4.79 Å². The highest BCUT2D eigenvalue weighted by molar-refractivity contribution is 6.31. The maximum Gasteiger partial charge on any atom is 0.227 e. The number of carbonyl (C=O) groups is 1. The van der Waals surface area contributed by atoms with Crippen LogP contribution in [0, 0.1) is 0 Å². The van der Waals surface area contributed by atoms with E-state index in [-0.39, 0.29) is 18.3 Å². The molecule has 2 heterocycles. The van der Waals surface area contributed by atoms with E-state index in [2.05, 4.69) is 17.2 Å². The third-order valence-electron chi connectivity index (χ3n) is 3.79. The normalized spacial score (nSPS) is 18.6. The first-order valence-electron chi connectivity index (χ1n) is 6.90. The molecule has 1 aromatic carbocycles. The van der Waals surface area contributed by atoms with Crippen molar-refractivity contribution in [1.82, 2.24) is 15.2 Å². The summed E-state index contributed by atoms with van der Waals surface area (Å²) in [6.07, 6.45) is 2.33. The molecular formula is C15H19Cl2N3O. The van der Waals surface area contributed by atoms with Crippen LogP contribution in [0.5, 0.6) is 0 Å². The summed E-state index contributed by atoms with van der Waals surface area (Å²) in [5.41, 5.74) is 2.03. The average molecular weight is 328 g/mol. The zero-order valence-electron chi connectivity index (χ0n) is 11.9. The summed E-state index contributed by atoms with van der Waals surface area (Å²) >= 11 is 6.03. The molecule has 0 aliphatic carbocycles. The van der Waals surface area contributed by atoms with Gasteiger partial charge in [0, 0.05) is 47.8 Å². The van der Waals surface area contributed by atoms with E-state index in [9.17, 15) is 4.79 Å². The topological polar surface area (TPSA) is 48.1 Å². The molecule has 1 saturated heterocycles. The lowest BCUT2D eigenvalue weighted by Gasteiger charge is -2.32. The molecule has 0 radical (unpaired) electrons. The van der Waals surface area contributed by atoms with Crippen LogP contribution in [0.1, 0.15) is 12.5 Å². The van der Waals surface area contributed by atoms with Crippen LogP contribution >= 0.6 is 24.0 Å². The SMILES string of the molecule is C[C@@H]1CN(C(=O)Cc2c[nH]c3ccc(Cl)cc23)CCN1.Cl. The lowest BCUT2D eigenvalue weighted by atomic mass is 10.1. The third-order valence-corrected chi connectivity index (χ3v) is 4.03. The van der Waals surface area contributed by atoms with E-state index in [1.54, 1.807) is 0 Å². The van der Waals surface area contributed by atoms with Gasteiger partial charge in [-0.25, -0.2) is 0 Å². The maximum atomic E-state index is 12.4. The van der Waals surface area contributed by atoms with Crippen molar-refractivity contribution in [3.8, 4) is 0 Å². The van der Waals surface area contributed by atoms with Crippen LogP contribution in [0.25, 0.3) is 10.9 Å². The molecule has 1 atom stereocenters. The van der Waals surface area contributed by atoms with Crippen LogP contribution in [-0.2, 0) is 11.2 Å². The Kier molecular flexibility index (Phi) is 5.14. The molecule has 0 spiro atoms. The highest BCUT2D eigenvalue weighted by Crippen LogP contribution is 2.23. The van der Waals surface area contributed by atoms with E-state index in [4.69, 9.17) is 11.6 Å². The van der Waals surface area contributed by atoms with E-state index < -0.39 is 0 Å². The highest BCUT2D eigenvalue weighted by Gasteiger charge is 2.21. The van der Waals surface area contributed by atoms with Gasteiger partial charge >= 0.3 is 0 Å². The van der Waals surface area contributed by atoms with Gasteiger partial charge in [-0.3, -0.25) is 4.79 Å². The first-order valence-corrected chi connectivity index (χ1v) is 7.28. The van der Waals surface area contributed by atoms with Gasteiger partial charge in [-0.2, -0.15) is 0 Å². The fourth-order valence-corrected chi connectivity index (χ4v) is 2.90. The molecular weight excluding hydrogens is 309 g/mol. The number of H-pyrrole nitrogens is 1. The van der Waals surface area contributed by atoms with Crippen molar-refractivity contribution in [3.05, 3.63) is 35.0 Å². The van der Waals surface area contributed by atoms with E-state index in [1.165, 1.54) is 0 Å². The zero-order chi connectivity index (χ0) is 14.1.